The van der Waals surface area contributed by atoms with E-state index < -0.39 is 0 Å². The number of ketones is 1. The normalized spacial score (nSPS) is 14.8. The number of nitrogens with zero attached hydrogens (tertiary/aromatic N) is 2. The zero-order valence-corrected chi connectivity index (χ0v) is 17.6. The summed E-state index contributed by atoms with van der Waals surface area (Å²) in [4.78, 5) is 18.2. The number of rotatable bonds is 5. The number of halogens is 1. The molecule has 2 heterocycles. The van der Waals surface area contributed by atoms with Crippen LogP contribution in [-0.2, 0) is 0 Å². The lowest BCUT2D eigenvalue weighted by Gasteiger charge is -2.36. The van der Waals surface area contributed by atoms with Crippen LogP contribution < -0.4 is 4.90 Å². The predicted octanol–water partition coefficient (Wildman–Crippen LogP) is 4.73. The molecule has 1 aliphatic heterocycles. The first kappa shape index (κ1) is 20.6. The summed E-state index contributed by atoms with van der Waals surface area (Å²) in [5.74, 6) is 0.582. The van der Waals surface area contributed by atoms with Crippen LogP contribution in [0.2, 0.25) is 0 Å². The quantitative estimate of drug-likeness (QED) is 0.610. The monoisotopic (exact) mass is 416 g/mol. The average Bonchev–Trinajstić information content (AvgIpc) is 3.04. The van der Waals surface area contributed by atoms with Crippen LogP contribution in [0.25, 0.3) is 10.1 Å². The fourth-order valence-electron chi connectivity index (χ4n) is 3.76. The fourth-order valence-corrected chi connectivity index (χ4v) is 4.93. The lowest BCUT2D eigenvalue weighted by molar-refractivity contribution is 0.0966. The third kappa shape index (κ3) is 4.17. The number of carbonyl (C=O) groups excluding carboxylic acids is 1. The van der Waals surface area contributed by atoms with E-state index in [1.54, 1.807) is 17.4 Å². The topological polar surface area (TPSA) is 43.8 Å². The summed E-state index contributed by atoms with van der Waals surface area (Å²) in [6, 6.07) is 15.7. The Hall–Kier alpha value is -2.08. The summed E-state index contributed by atoms with van der Waals surface area (Å²) < 4.78 is 1.19. The first-order chi connectivity index (χ1) is 13.1. The predicted molar refractivity (Wildman–Crippen MR) is 120 cm³/mol. The largest absolute Gasteiger partial charge is 0.506 e. The van der Waals surface area contributed by atoms with Crippen molar-refractivity contribution in [1.82, 2.24) is 4.90 Å². The van der Waals surface area contributed by atoms with Gasteiger partial charge in [-0.2, -0.15) is 0 Å². The number of anilines is 1. The van der Waals surface area contributed by atoms with Crippen LogP contribution in [0.5, 0.6) is 5.75 Å². The molecule has 28 heavy (non-hydrogen) atoms. The van der Waals surface area contributed by atoms with E-state index >= 15 is 0 Å². The van der Waals surface area contributed by atoms with Crippen molar-refractivity contribution in [3.63, 3.8) is 0 Å². The lowest BCUT2D eigenvalue weighted by Crippen LogP contribution is -2.46. The highest BCUT2D eigenvalue weighted by molar-refractivity contribution is 7.21. The maximum absolute atomic E-state index is 12.7. The highest BCUT2D eigenvalue weighted by atomic mass is 35.5. The Morgan fingerprint density at radius 3 is 2.43 bits per heavy atom. The molecule has 1 saturated heterocycles. The van der Waals surface area contributed by atoms with Gasteiger partial charge in [-0.1, -0.05) is 30.3 Å². The third-order valence-corrected chi connectivity index (χ3v) is 6.66. The van der Waals surface area contributed by atoms with Gasteiger partial charge in [-0.3, -0.25) is 9.69 Å². The number of hydrogen-bond acceptors (Lipinski definition) is 5. The zero-order chi connectivity index (χ0) is 18.8. The van der Waals surface area contributed by atoms with Gasteiger partial charge in [0.15, 0.2) is 5.78 Å². The van der Waals surface area contributed by atoms with Crippen molar-refractivity contribution in [1.29, 1.82) is 0 Å². The van der Waals surface area contributed by atoms with Gasteiger partial charge < -0.3 is 10.0 Å². The van der Waals surface area contributed by atoms with Gasteiger partial charge in [-0.05, 0) is 36.1 Å². The molecule has 0 aliphatic carbocycles. The van der Waals surface area contributed by atoms with Crippen molar-refractivity contribution in [2.24, 2.45) is 0 Å². The van der Waals surface area contributed by atoms with Crippen molar-refractivity contribution in [3.8, 4) is 5.75 Å². The number of para-hydroxylation sites is 2. The van der Waals surface area contributed by atoms with E-state index in [0.717, 1.165) is 48.9 Å². The van der Waals surface area contributed by atoms with E-state index in [4.69, 9.17) is 0 Å². The Morgan fingerprint density at radius 2 is 1.71 bits per heavy atom. The van der Waals surface area contributed by atoms with Crippen LogP contribution >= 0.6 is 23.7 Å². The van der Waals surface area contributed by atoms with Gasteiger partial charge >= 0.3 is 0 Å². The first-order valence-corrected chi connectivity index (χ1v) is 10.2. The van der Waals surface area contributed by atoms with Crippen molar-refractivity contribution < 1.29 is 9.90 Å². The molecule has 0 amide bonds. The number of carbonyl (C=O) groups is 1. The number of hydrogen-bond donors (Lipinski definition) is 1. The number of aryl methyl sites for hydroxylation is 1. The fraction of sp³-hybridized carbons (Fsp3) is 0.318. The molecule has 2 aromatic carbocycles. The number of benzene rings is 2. The standard InChI is InChI=1S/C22H24N2O2S.ClH/c1-16-17-6-2-5-9-21(17)27-22(16)20(26)10-11-23-12-14-24(15-13-23)18-7-3-4-8-19(18)25;/h2-9,25H,10-15H2,1H3;1H. The highest BCUT2D eigenvalue weighted by Crippen LogP contribution is 2.31. The Kier molecular flexibility index (Phi) is 6.60. The second-order valence-electron chi connectivity index (χ2n) is 7.04. The highest BCUT2D eigenvalue weighted by Gasteiger charge is 2.21. The SMILES string of the molecule is Cc1c(C(=O)CCN2CCN(c3ccccc3O)CC2)sc2ccccc12.Cl. The van der Waals surface area contributed by atoms with E-state index in [0.29, 0.717) is 12.2 Å². The Balaban J connectivity index is 0.00000225. The van der Waals surface area contributed by atoms with Crippen molar-refractivity contribution in [2.75, 3.05) is 37.6 Å². The van der Waals surface area contributed by atoms with Crippen LogP contribution in [0, 0.1) is 6.92 Å². The van der Waals surface area contributed by atoms with Gasteiger partial charge in [0, 0.05) is 43.8 Å². The molecule has 1 aliphatic rings. The van der Waals surface area contributed by atoms with Crippen LogP contribution in [-0.4, -0.2) is 48.5 Å². The molecule has 6 heteroatoms. The average molecular weight is 417 g/mol. The lowest BCUT2D eigenvalue weighted by atomic mass is 10.1. The van der Waals surface area contributed by atoms with E-state index in [-0.39, 0.29) is 18.2 Å². The second-order valence-corrected chi connectivity index (χ2v) is 8.10. The molecule has 1 N–H and O–H groups in total. The van der Waals surface area contributed by atoms with E-state index in [2.05, 4.69) is 28.9 Å². The zero-order valence-electron chi connectivity index (χ0n) is 15.9. The van der Waals surface area contributed by atoms with E-state index in [1.165, 1.54) is 10.1 Å². The van der Waals surface area contributed by atoms with Crippen LogP contribution in [0.3, 0.4) is 0 Å². The molecule has 148 valence electrons. The molecule has 1 fully saturated rings. The van der Waals surface area contributed by atoms with Crippen molar-refractivity contribution >= 4 is 45.3 Å². The summed E-state index contributed by atoms with van der Waals surface area (Å²) in [5, 5.41) is 11.2. The smallest absolute Gasteiger partial charge is 0.174 e. The molecule has 4 rings (SSSR count). The van der Waals surface area contributed by atoms with Gasteiger partial charge in [0.1, 0.15) is 5.75 Å². The minimum atomic E-state index is 0. The molecular weight excluding hydrogens is 392 g/mol. The Bertz CT molecular complexity index is 964. The van der Waals surface area contributed by atoms with Crippen LogP contribution in [0.15, 0.2) is 48.5 Å². The summed E-state index contributed by atoms with van der Waals surface area (Å²) >= 11 is 1.61. The van der Waals surface area contributed by atoms with E-state index in [1.807, 2.05) is 30.3 Å². The van der Waals surface area contributed by atoms with Gasteiger partial charge in [-0.25, -0.2) is 0 Å². The molecule has 0 unspecified atom stereocenters. The number of aromatic hydroxyl groups is 1. The maximum atomic E-state index is 12.7. The summed E-state index contributed by atoms with van der Waals surface area (Å²) in [6.07, 6.45) is 0.560. The minimum absolute atomic E-state index is 0. The summed E-state index contributed by atoms with van der Waals surface area (Å²) in [5.41, 5.74) is 2.01. The molecule has 3 aromatic rings. The second kappa shape index (κ2) is 8.95. The first-order valence-electron chi connectivity index (χ1n) is 9.40. The minimum Gasteiger partial charge on any atom is -0.506 e. The molecule has 0 bridgehead atoms. The number of thiophene rings is 1. The maximum Gasteiger partial charge on any atom is 0.174 e. The summed E-state index contributed by atoms with van der Waals surface area (Å²) in [7, 11) is 0. The Morgan fingerprint density at radius 1 is 1.04 bits per heavy atom. The Labute approximate surface area is 175 Å². The van der Waals surface area contributed by atoms with E-state index in [9.17, 15) is 9.90 Å². The van der Waals surface area contributed by atoms with Gasteiger partial charge in [-0.15, -0.1) is 23.7 Å². The number of piperazine rings is 1. The van der Waals surface area contributed by atoms with Crippen molar-refractivity contribution in [3.05, 3.63) is 59.0 Å². The number of fused-ring (bicyclic) bond motifs is 1. The van der Waals surface area contributed by atoms with Crippen LogP contribution in [0.4, 0.5) is 5.69 Å². The molecule has 0 spiro atoms. The molecule has 0 saturated carbocycles. The summed E-state index contributed by atoms with van der Waals surface area (Å²) in [6.45, 7) is 6.40. The molecular formula is C22H25ClN2O2S. The van der Waals surface area contributed by atoms with Gasteiger partial charge in [0.2, 0.25) is 0 Å². The van der Waals surface area contributed by atoms with Gasteiger partial charge in [0.25, 0.3) is 0 Å². The number of Topliss-reactive ketones (excluding diaryl/α,β-unsaturated/α-hetero) is 1. The molecule has 1 aromatic heterocycles. The van der Waals surface area contributed by atoms with Gasteiger partial charge in [0.05, 0.1) is 10.6 Å². The molecule has 0 atom stereocenters. The number of phenols is 1. The van der Waals surface area contributed by atoms with Crippen LogP contribution in [0.1, 0.15) is 21.7 Å². The third-order valence-electron chi connectivity index (χ3n) is 5.35. The molecule has 0 radical (unpaired) electrons. The molecule has 4 nitrogen and oxygen atoms in total. The van der Waals surface area contributed by atoms with Crippen molar-refractivity contribution in [2.45, 2.75) is 13.3 Å². The number of phenolic OH excluding ortho intramolecular Hbond substituents is 1.